The van der Waals surface area contributed by atoms with Crippen LogP contribution in [0.3, 0.4) is 0 Å². The zero-order chi connectivity index (χ0) is 22.7. The van der Waals surface area contributed by atoms with E-state index in [1.54, 1.807) is 20.8 Å². The second-order valence-electron chi connectivity index (χ2n) is 8.81. The fraction of sp³-hybridized carbons (Fsp3) is 0.750. The van der Waals surface area contributed by atoms with Crippen LogP contribution in [0.1, 0.15) is 20.8 Å². The second kappa shape index (κ2) is 7.78. The number of fused-ring (bicyclic) bond motifs is 3. The van der Waals surface area contributed by atoms with Crippen LogP contribution in [0.5, 0.6) is 0 Å². The number of carbonyl (C=O) groups is 1. The van der Waals surface area contributed by atoms with Crippen molar-refractivity contribution in [1.29, 1.82) is 0 Å². The SMILES string of the molecule is CC(C)=CC(=O)O[C@@H]1[C@@H]2O[C@]2(C)[C@H]2[C@H](O[C@@H]3O[C@H](CO)[C@@H](O)[C@H](O)[C@H]3O)OC=C[C@@]12O. The highest BCUT2D eigenvalue weighted by Gasteiger charge is 2.80. The Morgan fingerprint density at radius 3 is 2.52 bits per heavy atom. The molecule has 0 aromatic rings. The molecule has 4 rings (SSSR count). The smallest absolute Gasteiger partial charge is 0.331 e. The summed E-state index contributed by atoms with van der Waals surface area (Å²) in [6.07, 6.45) is -6.41. The molecular formula is C20H28O11. The molecule has 0 radical (unpaired) electrons. The number of rotatable bonds is 5. The van der Waals surface area contributed by atoms with E-state index in [-0.39, 0.29) is 0 Å². The minimum atomic E-state index is -1.68. The van der Waals surface area contributed by atoms with Gasteiger partial charge in [-0.2, -0.15) is 0 Å². The first-order valence-electron chi connectivity index (χ1n) is 10.1. The first kappa shape index (κ1) is 22.6. The normalized spacial score (nSPS) is 50.1. The molecule has 0 spiro atoms. The van der Waals surface area contributed by atoms with Gasteiger partial charge in [-0.3, -0.25) is 0 Å². The van der Waals surface area contributed by atoms with Crippen LogP contribution in [0.15, 0.2) is 24.0 Å². The maximum absolute atomic E-state index is 12.2. The molecule has 174 valence electrons. The van der Waals surface area contributed by atoms with E-state index in [1.165, 1.54) is 18.4 Å². The Kier molecular flexibility index (Phi) is 5.68. The third kappa shape index (κ3) is 3.58. The molecule has 31 heavy (non-hydrogen) atoms. The van der Waals surface area contributed by atoms with Crippen LogP contribution in [0.4, 0.5) is 0 Å². The average Bonchev–Trinajstić information content (AvgIpc) is 3.32. The molecule has 0 unspecified atom stereocenters. The number of aliphatic hydroxyl groups is 5. The molecule has 3 heterocycles. The van der Waals surface area contributed by atoms with Crippen molar-refractivity contribution < 1.29 is 54.0 Å². The summed E-state index contributed by atoms with van der Waals surface area (Å²) in [4.78, 5) is 12.2. The maximum atomic E-state index is 12.2. The van der Waals surface area contributed by atoms with Crippen LogP contribution in [0.2, 0.25) is 0 Å². The standard InChI is InChI=1S/C20H28O11/c1-8(2)6-10(22)29-16-15-19(3,31-15)14-18(27-5-4-20(14,16)26)30-17-13(25)12(24)11(23)9(7-21)28-17/h4-6,9,11-18,21,23-26H,7H2,1-3H3/t9-,11-,12+,13-,14-,15+,16-,17+,18+,19-,20+/m1/s1. The number of esters is 1. The molecule has 11 nitrogen and oxygen atoms in total. The zero-order valence-corrected chi connectivity index (χ0v) is 17.3. The highest BCUT2D eigenvalue weighted by molar-refractivity contribution is 5.83. The van der Waals surface area contributed by atoms with E-state index < -0.39 is 78.9 Å². The first-order valence-corrected chi connectivity index (χ1v) is 10.1. The van der Waals surface area contributed by atoms with Gasteiger partial charge in [0.25, 0.3) is 0 Å². The molecular weight excluding hydrogens is 416 g/mol. The minimum Gasteiger partial charge on any atom is -0.472 e. The number of hydrogen-bond donors (Lipinski definition) is 5. The van der Waals surface area contributed by atoms with Crippen molar-refractivity contribution in [3.63, 3.8) is 0 Å². The molecule has 11 heteroatoms. The Hall–Kier alpha value is -1.57. The van der Waals surface area contributed by atoms with Gasteiger partial charge in [-0.25, -0.2) is 4.79 Å². The molecule has 2 saturated heterocycles. The van der Waals surface area contributed by atoms with E-state index >= 15 is 0 Å². The summed E-state index contributed by atoms with van der Waals surface area (Å²) in [5.41, 5.74) is -1.90. The number of ether oxygens (including phenoxy) is 5. The lowest BCUT2D eigenvalue weighted by Gasteiger charge is -2.45. The molecule has 0 aromatic heterocycles. The molecule has 1 saturated carbocycles. The maximum Gasteiger partial charge on any atom is 0.331 e. The van der Waals surface area contributed by atoms with E-state index in [2.05, 4.69) is 0 Å². The van der Waals surface area contributed by atoms with Crippen LogP contribution < -0.4 is 0 Å². The summed E-state index contributed by atoms with van der Waals surface area (Å²) in [7, 11) is 0. The van der Waals surface area contributed by atoms with E-state index in [0.29, 0.717) is 0 Å². The van der Waals surface area contributed by atoms with Crippen LogP contribution >= 0.6 is 0 Å². The lowest BCUT2D eigenvalue weighted by atomic mass is 9.82. The lowest BCUT2D eigenvalue weighted by Crippen LogP contribution is -2.62. The van der Waals surface area contributed by atoms with Gasteiger partial charge in [0.05, 0.1) is 18.8 Å². The summed E-state index contributed by atoms with van der Waals surface area (Å²) in [6, 6.07) is 0. The van der Waals surface area contributed by atoms with E-state index in [0.717, 1.165) is 5.57 Å². The first-order chi connectivity index (χ1) is 14.5. The van der Waals surface area contributed by atoms with Gasteiger partial charge in [-0.15, -0.1) is 0 Å². The average molecular weight is 444 g/mol. The number of aliphatic hydroxyl groups excluding tert-OH is 4. The van der Waals surface area contributed by atoms with Crippen molar-refractivity contribution in [1.82, 2.24) is 0 Å². The number of epoxide rings is 1. The number of allylic oxidation sites excluding steroid dienone is 1. The van der Waals surface area contributed by atoms with Gasteiger partial charge in [0, 0.05) is 6.08 Å². The van der Waals surface area contributed by atoms with E-state index in [1.807, 2.05) is 0 Å². The van der Waals surface area contributed by atoms with Crippen molar-refractivity contribution in [2.24, 2.45) is 5.92 Å². The Morgan fingerprint density at radius 2 is 1.87 bits per heavy atom. The van der Waals surface area contributed by atoms with Gasteiger partial charge < -0.3 is 49.2 Å². The molecule has 0 amide bonds. The summed E-state index contributed by atoms with van der Waals surface area (Å²) >= 11 is 0. The Labute approximate surface area is 178 Å². The van der Waals surface area contributed by atoms with Crippen molar-refractivity contribution in [3.8, 4) is 0 Å². The molecule has 3 fully saturated rings. The van der Waals surface area contributed by atoms with Crippen LogP contribution in [0.25, 0.3) is 0 Å². The van der Waals surface area contributed by atoms with Gasteiger partial charge >= 0.3 is 5.97 Å². The van der Waals surface area contributed by atoms with E-state index in [9.17, 15) is 30.3 Å². The highest BCUT2D eigenvalue weighted by atomic mass is 16.8. The molecule has 1 aliphatic carbocycles. The Morgan fingerprint density at radius 1 is 1.16 bits per heavy atom. The van der Waals surface area contributed by atoms with Crippen LogP contribution in [-0.4, -0.2) is 98.5 Å². The summed E-state index contributed by atoms with van der Waals surface area (Å²) in [5, 5.41) is 51.0. The van der Waals surface area contributed by atoms with Gasteiger partial charge in [-0.05, 0) is 26.8 Å². The third-order valence-corrected chi connectivity index (χ3v) is 6.32. The number of hydrogen-bond acceptors (Lipinski definition) is 11. The van der Waals surface area contributed by atoms with Crippen molar-refractivity contribution in [2.75, 3.05) is 6.61 Å². The highest BCUT2D eigenvalue weighted by Crippen LogP contribution is 2.62. The largest absolute Gasteiger partial charge is 0.472 e. The molecule has 0 bridgehead atoms. The van der Waals surface area contributed by atoms with E-state index in [4.69, 9.17) is 23.7 Å². The van der Waals surface area contributed by atoms with Gasteiger partial charge in [0.15, 0.2) is 12.4 Å². The van der Waals surface area contributed by atoms with Crippen LogP contribution in [-0.2, 0) is 28.5 Å². The lowest BCUT2D eigenvalue weighted by molar-refractivity contribution is -0.349. The monoisotopic (exact) mass is 444 g/mol. The fourth-order valence-electron chi connectivity index (χ4n) is 4.70. The van der Waals surface area contributed by atoms with Crippen molar-refractivity contribution >= 4 is 5.97 Å². The molecule has 3 aliphatic heterocycles. The topological polar surface area (TPSA) is 168 Å². The van der Waals surface area contributed by atoms with Gasteiger partial charge in [-0.1, -0.05) is 5.57 Å². The van der Waals surface area contributed by atoms with Crippen LogP contribution in [0, 0.1) is 5.92 Å². The third-order valence-electron chi connectivity index (χ3n) is 6.32. The summed E-state index contributed by atoms with van der Waals surface area (Å²) < 4.78 is 27.9. The molecule has 5 N–H and O–H groups in total. The molecule has 11 atom stereocenters. The minimum absolute atomic E-state index is 0.607. The number of carbonyl (C=O) groups excluding carboxylic acids is 1. The van der Waals surface area contributed by atoms with Crippen molar-refractivity contribution in [3.05, 3.63) is 24.0 Å². The Bertz CT molecular complexity index is 777. The second-order valence-corrected chi connectivity index (χ2v) is 8.81. The quantitative estimate of drug-likeness (QED) is 0.182. The predicted molar refractivity (Wildman–Crippen MR) is 99.9 cm³/mol. The van der Waals surface area contributed by atoms with Gasteiger partial charge in [0.2, 0.25) is 6.29 Å². The fourth-order valence-corrected chi connectivity index (χ4v) is 4.70. The predicted octanol–water partition coefficient (Wildman–Crippen LogP) is -1.93. The Balaban J connectivity index is 1.55. The zero-order valence-electron chi connectivity index (χ0n) is 17.3. The molecule has 0 aromatic carbocycles. The van der Waals surface area contributed by atoms with Crippen molar-refractivity contribution in [2.45, 2.75) is 81.2 Å². The van der Waals surface area contributed by atoms with Gasteiger partial charge in [0.1, 0.15) is 41.7 Å². The molecule has 4 aliphatic rings. The summed E-state index contributed by atoms with van der Waals surface area (Å²) in [5.74, 6) is -1.49. The summed E-state index contributed by atoms with van der Waals surface area (Å²) in [6.45, 7) is 4.58.